The van der Waals surface area contributed by atoms with Crippen molar-refractivity contribution < 1.29 is 18.7 Å². The second kappa shape index (κ2) is 9.32. The molecule has 1 aromatic heterocycles. The van der Waals surface area contributed by atoms with Gasteiger partial charge in [-0.2, -0.15) is 0 Å². The van der Waals surface area contributed by atoms with Crippen molar-refractivity contribution in [3.8, 4) is 23.0 Å². The number of hydrogen-bond donors (Lipinski definition) is 1. The number of carbonyl (C=O) groups excluding carboxylic acids is 1. The number of ether oxygens (including phenoxy) is 2. The lowest BCUT2D eigenvalue weighted by Gasteiger charge is -2.07. The summed E-state index contributed by atoms with van der Waals surface area (Å²) < 4.78 is 16.5. The average molecular weight is 455 g/mol. The number of oxazole rings is 1. The number of methoxy groups -OCH3 is 2. The number of fused-ring (bicyclic) bond motifs is 1. The van der Waals surface area contributed by atoms with Gasteiger partial charge in [-0.3, -0.25) is 4.79 Å². The van der Waals surface area contributed by atoms with Crippen LogP contribution >= 0.6 is 23.4 Å². The Balaban J connectivity index is 1.47. The lowest BCUT2D eigenvalue weighted by molar-refractivity contribution is -0.113. The van der Waals surface area contributed by atoms with Gasteiger partial charge in [0.1, 0.15) is 5.52 Å². The maximum atomic E-state index is 12.3. The Hall–Kier alpha value is -3.16. The largest absolute Gasteiger partial charge is 0.493 e. The van der Waals surface area contributed by atoms with Gasteiger partial charge in [0.15, 0.2) is 17.1 Å². The molecule has 0 bridgehead atoms. The second-order valence-corrected chi connectivity index (χ2v) is 8.05. The molecule has 0 fully saturated rings. The molecular weight excluding hydrogens is 436 g/mol. The van der Waals surface area contributed by atoms with Crippen molar-refractivity contribution in [1.29, 1.82) is 0 Å². The van der Waals surface area contributed by atoms with E-state index in [-0.39, 0.29) is 11.7 Å². The van der Waals surface area contributed by atoms with Gasteiger partial charge in [0, 0.05) is 21.2 Å². The molecule has 8 heteroatoms. The van der Waals surface area contributed by atoms with Crippen molar-refractivity contribution >= 4 is 46.1 Å². The first kappa shape index (κ1) is 21.1. The molecular formula is C23H19ClN2O4S. The highest BCUT2D eigenvalue weighted by atomic mass is 35.5. The van der Waals surface area contributed by atoms with E-state index in [1.807, 2.05) is 18.2 Å². The molecule has 4 aromatic rings. The Bertz CT molecular complexity index is 1220. The van der Waals surface area contributed by atoms with E-state index in [9.17, 15) is 4.79 Å². The van der Waals surface area contributed by atoms with Crippen LogP contribution in [-0.2, 0) is 4.79 Å². The summed E-state index contributed by atoms with van der Waals surface area (Å²) in [6.07, 6.45) is 0. The first-order valence-corrected chi connectivity index (χ1v) is 10.7. The Morgan fingerprint density at radius 2 is 1.81 bits per heavy atom. The topological polar surface area (TPSA) is 73.6 Å². The van der Waals surface area contributed by atoms with Crippen LogP contribution in [-0.4, -0.2) is 30.9 Å². The highest BCUT2D eigenvalue weighted by Crippen LogP contribution is 2.33. The van der Waals surface area contributed by atoms with Crippen LogP contribution in [0.1, 0.15) is 0 Å². The van der Waals surface area contributed by atoms with E-state index < -0.39 is 0 Å². The van der Waals surface area contributed by atoms with E-state index in [0.29, 0.717) is 39.2 Å². The molecule has 1 amide bonds. The van der Waals surface area contributed by atoms with Crippen LogP contribution in [0.4, 0.5) is 5.69 Å². The van der Waals surface area contributed by atoms with E-state index in [4.69, 9.17) is 25.5 Å². The molecule has 158 valence electrons. The fourth-order valence-corrected chi connectivity index (χ4v) is 3.80. The van der Waals surface area contributed by atoms with Crippen molar-refractivity contribution in [3.63, 3.8) is 0 Å². The number of thioether (sulfide) groups is 1. The number of halogens is 1. The minimum absolute atomic E-state index is 0.108. The molecule has 1 heterocycles. The SMILES string of the molecule is COc1ccc(-c2nc3cc(NC(=O)CSc4ccc(Cl)cc4)ccc3o2)cc1OC. The Labute approximate surface area is 188 Å². The maximum Gasteiger partial charge on any atom is 0.234 e. The van der Waals surface area contributed by atoms with Crippen LogP contribution in [0.15, 0.2) is 70.0 Å². The van der Waals surface area contributed by atoms with Gasteiger partial charge in [0.2, 0.25) is 11.8 Å². The third-order valence-corrected chi connectivity index (χ3v) is 5.75. The summed E-state index contributed by atoms with van der Waals surface area (Å²) in [5, 5.41) is 3.56. The minimum Gasteiger partial charge on any atom is -0.493 e. The van der Waals surface area contributed by atoms with E-state index >= 15 is 0 Å². The van der Waals surface area contributed by atoms with Gasteiger partial charge in [0.25, 0.3) is 0 Å². The normalized spacial score (nSPS) is 10.8. The predicted molar refractivity (Wildman–Crippen MR) is 123 cm³/mol. The molecule has 1 N–H and O–H groups in total. The average Bonchev–Trinajstić information content (AvgIpc) is 3.21. The number of amides is 1. The van der Waals surface area contributed by atoms with E-state index in [2.05, 4.69) is 10.3 Å². The smallest absolute Gasteiger partial charge is 0.234 e. The molecule has 3 aromatic carbocycles. The number of nitrogens with zero attached hydrogens (tertiary/aromatic N) is 1. The Morgan fingerprint density at radius 1 is 1.03 bits per heavy atom. The Morgan fingerprint density at radius 3 is 2.55 bits per heavy atom. The third kappa shape index (κ3) is 4.95. The van der Waals surface area contributed by atoms with Crippen LogP contribution in [0.25, 0.3) is 22.6 Å². The quantitative estimate of drug-likeness (QED) is 0.351. The van der Waals surface area contributed by atoms with Crippen LogP contribution < -0.4 is 14.8 Å². The summed E-state index contributed by atoms with van der Waals surface area (Å²) in [5.74, 6) is 1.85. The van der Waals surface area contributed by atoms with Crippen molar-refractivity contribution in [2.24, 2.45) is 0 Å². The first-order valence-electron chi connectivity index (χ1n) is 9.37. The van der Waals surface area contributed by atoms with Gasteiger partial charge in [-0.15, -0.1) is 11.8 Å². The number of carbonyl (C=O) groups is 1. The maximum absolute atomic E-state index is 12.3. The zero-order valence-electron chi connectivity index (χ0n) is 16.8. The molecule has 31 heavy (non-hydrogen) atoms. The van der Waals surface area contributed by atoms with Crippen molar-refractivity contribution in [1.82, 2.24) is 4.98 Å². The number of benzene rings is 3. The summed E-state index contributed by atoms with van der Waals surface area (Å²) in [6, 6.07) is 18.2. The highest BCUT2D eigenvalue weighted by Gasteiger charge is 2.13. The molecule has 0 radical (unpaired) electrons. The fraction of sp³-hybridized carbons (Fsp3) is 0.130. The van der Waals surface area contributed by atoms with Gasteiger partial charge < -0.3 is 19.2 Å². The number of nitrogens with one attached hydrogen (secondary N) is 1. The van der Waals surface area contributed by atoms with E-state index in [1.165, 1.54) is 11.8 Å². The van der Waals surface area contributed by atoms with Gasteiger partial charge in [-0.25, -0.2) is 4.98 Å². The monoisotopic (exact) mass is 454 g/mol. The summed E-state index contributed by atoms with van der Waals surface area (Å²) >= 11 is 7.33. The molecule has 4 rings (SSSR count). The van der Waals surface area contributed by atoms with Gasteiger partial charge in [-0.1, -0.05) is 11.6 Å². The van der Waals surface area contributed by atoms with Gasteiger partial charge >= 0.3 is 0 Å². The summed E-state index contributed by atoms with van der Waals surface area (Å²) in [5.41, 5.74) is 2.69. The summed E-state index contributed by atoms with van der Waals surface area (Å²) in [4.78, 5) is 17.8. The predicted octanol–water partition coefficient (Wildman–Crippen LogP) is 5.90. The summed E-state index contributed by atoms with van der Waals surface area (Å²) in [7, 11) is 3.16. The lowest BCUT2D eigenvalue weighted by Crippen LogP contribution is -2.13. The van der Waals surface area contributed by atoms with Crippen LogP contribution in [0.2, 0.25) is 5.02 Å². The van der Waals surface area contributed by atoms with Crippen LogP contribution in [0, 0.1) is 0 Å². The zero-order valence-corrected chi connectivity index (χ0v) is 18.4. The molecule has 0 saturated carbocycles. The zero-order chi connectivity index (χ0) is 21.8. The molecule has 6 nitrogen and oxygen atoms in total. The molecule has 0 spiro atoms. The number of rotatable bonds is 7. The minimum atomic E-state index is -0.108. The third-order valence-electron chi connectivity index (χ3n) is 4.49. The standard InChI is InChI=1S/C23H19ClN2O4S/c1-28-20-9-3-14(11-21(20)29-2)23-26-18-12-16(6-10-19(18)30-23)25-22(27)13-31-17-7-4-15(24)5-8-17/h3-12H,13H2,1-2H3,(H,25,27). The van der Waals surface area contributed by atoms with Crippen LogP contribution in [0.3, 0.4) is 0 Å². The van der Waals surface area contributed by atoms with Gasteiger partial charge in [-0.05, 0) is 60.7 Å². The highest BCUT2D eigenvalue weighted by molar-refractivity contribution is 8.00. The van der Waals surface area contributed by atoms with Gasteiger partial charge in [0.05, 0.1) is 20.0 Å². The van der Waals surface area contributed by atoms with Crippen LogP contribution in [0.5, 0.6) is 11.5 Å². The van der Waals surface area contributed by atoms with E-state index in [1.54, 1.807) is 56.7 Å². The van der Waals surface area contributed by atoms with Crippen molar-refractivity contribution in [2.75, 3.05) is 25.3 Å². The molecule has 0 aliphatic carbocycles. The molecule has 0 aliphatic rings. The molecule has 0 unspecified atom stereocenters. The lowest BCUT2D eigenvalue weighted by atomic mass is 10.2. The molecule has 0 saturated heterocycles. The number of anilines is 1. The van der Waals surface area contributed by atoms with Crippen molar-refractivity contribution in [3.05, 3.63) is 65.7 Å². The van der Waals surface area contributed by atoms with Crippen molar-refractivity contribution in [2.45, 2.75) is 4.90 Å². The fourth-order valence-electron chi connectivity index (χ4n) is 2.97. The molecule has 0 aliphatic heterocycles. The molecule has 0 atom stereocenters. The van der Waals surface area contributed by atoms with E-state index in [0.717, 1.165) is 10.5 Å². The second-order valence-electron chi connectivity index (χ2n) is 6.56. The first-order chi connectivity index (χ1) is 15.1. The number of hydrogen-bond acceptors (Lipinski definition) is 6. The summed E-state index contributed by atoms with van der Waals surface area (Å²) in [6.45, 7) is 0. The number of aromatic nitrogens is 1. The Kier molecular flexibility index (Phi) is 6.34.